The van der Waals surface area contributed by atoms with Crippen LogP contribution in [0.2, 0.25) is 0 Å². The first-order valence-corrected chi connectivity index (χ1v) is 7.43. The van der Waals surface area contributed by atoms with Crippen molar-refractivity contribution in [1.29, 1.82) is 0 Å². The van der Waals surface area contributed by atoms with Crippen LogP contribution in [0, 0.1) is 5.82 Å². The van der Waals surface area contributed by atoms with E-state index in [2.05, 4.69) is 5.32 Å². The minimum atomic E-state index is -0.735. The highest BCUT2D eigenvalue weighted by atomic mass is 19.1. The van der Waals surface area contributed by atoms with Gasteiger partial charge in [0, 0.05) is 51.4 Å². The lowest BCUT2D eigenvalue weighted by Crippen LogP contribution is -2.46. The Morgan fingerprint density at radius 3 is 2.71 bits per heavy atom. The van der Waals surface area contributed by atoms with Crippen molar-refractivity contribution in [3.8, 4) is 0 Å². The Bertz CT molecular complexity index is 475. The van der Waals surface area contributed by atoms with Gasteiger partial charge < -0.3 is 20.1 Å². The quantitative estimate of drug-likeness (QED) is 0.873. The summed E-state index contributed by atoms with van der Waals surface area (Å²) in [5.41, 5.74) is 1.11. The second-order valence-corrected chi connectivity index (χ2v) is 5.91. The molecule has 0 aromatic heterocycles. The molecule has 5 heteroatoms. The van der Waals surface area contributed by atoms with Gasteiger partial charge in [0.15, 0.2) is 0 Å². The van der Waals surface area contributed by atoms with Crippen molar-refractivity contribution in [1.82, 2.24) is 5.32 Å². The van der Waals surface area contributed by atoms with Crippen molar-refractivity contribution in [2.24, 2.45) is 0 Å². The van der Waals surface area contributed by atoms with Gasteiger partial charge in [-0.15, -0.1) is 0 Å². The summed E-state index contributed by atoms with van der Waals surface area (Å²) in [6, 6.07) is 4.84. The maximum absolute atomic E-state index is 13.5. The first-order valence-electron chi connectivity index (χ1n) is 7.43. The first kappa shape index (κ1) is 16.2. The Hall–Kier alpha value is -1.17. The van der Waals surface area contributed by atoms with Crippen molar-refractivity contribution in [3.05, 3.63) is 29.6 Å². The summed E-state index contributed by atoms with van der Waals surface area (Å²) in [6.45, 7) is 3.70. The average Bonchev–Trinajstić information content (AvgIpc) is 2.46. The van der Waals surface area contributed by atoms with Crippen LogP contribution in [0.15, 0.2) is 18.2 Å². The van der Waals surface area contributed by atoms with Gasteiger partial charge in [-0.25, -0.2) is 4.39 Å². The van der Waals surface area contributed by atoms with Crippen molar-refractivity contribution >= 4 is 5.69 Å². The number of aliphatic hydroxyl groups is 1. The van der Waals surface area contributed by atoms with E-state index in [0.29, 0.717) is 32.6 Å². The van der Waals surface area contributed by atoms with Crippen molar-refractivity contribution < 1.29 is 14.2 Å². The summed E-state index contributed by atoms with van der Waals surface area (Å²) in [4.78, 5) is 2.01. The van der Waals surface area contributed by atoms with E-state index in [1.54, 1.807) is 12.1 Å². The molecule has 0 radical (unpaired) electrons. The predicted molar refractivity (Wildman–Crippen MR) is 82.1 cm³/mol. The lowest BCUT2D eigenvalue weighted by atomic mass is 9.93. The number of nitrogens with zero attached hydrogens (tertiary/aromatic N) is 1. The molecule has 4 nitrogen and oxygen atoms in total. The van der Waals surface area contributed by atoms with Gasteiger partial charge >= 0.3 is 0 Å². The van der Waals surface area contributed by atoms with E-state index >= 15 is 0 Å². The Labute approximate surface area is 125 Å². The van der Waals surface area contributed by atoms with Crippen LogP contribution >= 0.6 is 0 Å². The summed E-state index contributed by atoms with van der Waals surface area (Å²) in [6.07, 6.45) is 1.27. The van der Waals surface area contributed by atoms with Gasteiger partial charge in [0.1, 0.15) is 5.82 Å². The van der Waals surface area contributed by atoms with Gasteiger partial charge in [0.2, 0.25) is 0 Å². The van der Waals surface area contributed by atoms with E-state index in [0.717, 1.165) is 11.3 Å². The van der Waals surface area contributed by atoms with Crippen LogP contribution in [0.5, 0.6) is 0 Å². The minimum absolute atomic E-state index is 0.0440. The molecule has 0 amide bonds. The topological polar surface area (TPSA) is 44.7 Å². The van der Waals surface area contributed by atoms with Gasteiger partial charge in [-0.1, -0.05) is 0 Å². The molecule has 118 valence electrons. The fraction of sp³-hybridized carbons (Fsp3) is 0.625. The highest BCUT2D eigenvalue weighted by molar-refractivity contribution is 5.55. The molecule has 0 spiro atoms. The van der Waals surface area contributed by atoms with Crippen LogP contribution in [-0.2, 0) is 4.74 Å². The standard InChI is InChI=1S/C16H25FN2O2/c1-12(18-2)14-10-13(17)4-5-15(14)19(3)11-16(20)6-8-21-9-7-16/h4-5,10,12,18,20H,6-9,11H2,1-3H3. The van der Waals surface area contributed by atoms with Crippen LogP contribution in [0.1, 0.15) is 31.4 Å². The Balaban J connectivity index is 2.20. The second kappa shape index (κ2) is 6.73. The molecule has 2 rings (SSSR count). The number of hydrogen-bond donors (Lipinski definition) is 2. The summed E-state index contributed by atoms with van der Waals surface area (Å²) < 4.78 is 18.8. The number of benzene rings is 1. The van der Waals surface area contributed by atoms with Crippen LogP contribution < -0.4 is 10.2 Å². The Morgan fingerprint density at radius 2 is 2.10 bits per heavy atom. The van der Waals surface area contributed by atoms with Gasteiger partial charge in [0.05, 0.1) is 5.60 Å². The molecular weight excluding hydrogens is 271 g/mol. The fourth-order valence-corrected chi connectivity index (χ4v) is 2.81. The molecule has 1 fully saturated rings. The first-order chi connectivity index (χ1) is 9.95. The Kier molecular flexibility index (Phi) is 5.19. The number of halogens is 1. The smallest absolute Gasteiger partial charge is 0.123 e. The molecule has 2 N–H and O–H groups in total. The minimum Gasteiger partial charge on any atom is -0.388 e. The van der Waals surface area contributed by atoms with Gasteiger partial charge in [-0.05, 0) is 37.7 Å². The molecule has 21 heavy (non-hydrogen) atoms. The third-order valence-electron chi connectivity index (χ3n) is 4.26. The highest BCUT2D eigenvalue weighted by Gasteiger charge is 2.31. The third-order valence-corrected chi connectivity index (χ3v) is 4.26. The van der Waals surface area contributed by atoms with Crippen molar-refractivity contribution in [2.75, 3.05) is 38.8 Å². The molecule has 1 aliphatic heterocycles. The zero-order chi connectivity index (χ0) is 15.5. The van der Waals surface area contributed by atoms with E-state index in [4.69, 9.17) is 4.74 Å². The highest BCUT2D eigenvalue weighted by Crippen LogP contribution is 2.29. The predicted octanol–water partition coefficient (Wildman–Crippen LogP) is 2.08. The summed E-state index contributed by atoms with van der Waals surface area (Å²) in [5, 5.41) is 13.8. The zero-order valence-corrected chi connectivity index (χ0v) is 13.0. The molecule has 0 bridgehead atoms. The molecule has 1 aromatic carbocycles. The molecule has 0 aliphatic carbocycles. The molecular formula is C16H25FN2O2. The molecule has 1 atom stereocenters. The normalized spacial score (nSPS) is 19.3. The Morgan fingerprint density at radius 1 is 1.43 bits per heavy atom. The number of ether oxygens (including phenoxy) is 1. The van der Waals surface area contributed by atoms with Crippen molar-refractivity contribution in [3.63, 3.8) is 0 Å². The van der Waals surface area contributed by atoms with Crippen LogP contribution in [0.25, 0.3) is 0 Å². The third kappa shape index (κ3) is 3.93. The number of anilines is 1. The molecule has 1 unspecified atom stereocenters. The molecule has 1 aliphatic rings. The molecule has 0 saturated carbocycles. The van der Waals surface area contributed by atoms with E-state index in [-0.39, 0.29) is 11.9 Å². The van der Waals surface area contributed by atoms with Gasteiger partial charge in [-0.2, -0.15) is 0 Å². The molecule has 1 heterocycles. The largest absolute Gasteiger partial charge is 0.388 e. The maximum Gasteiger partial charge on any atom is 0.123 e. The summed E-state index contributed by atoms with van der Waals surface area (Å²) >= 11 is 0. The number of nitrogens with one attached hydrogen (secondary N) is 1. The fourth-order valence-electron chi connectivity index (χ4n) is 2.81. The number of hydrogen-bond acceptors (Lipinski definition) is 4. The van der Waals surface area contributed by atoms with E-state index < -0.39 is 5.60 Å². The summed E-state index contributed by atoms with van der Waals surface area (Å²) in [5.74, 6) is -0.242. The van der Waals surface area contributed by atoms with Crippen molar-refractivity contribution in [2.45, 2.75) is 31.4 Å². The van der Waals surface area contributed by atoms with Gasteiger partial charge in [-0.3, -0.25) is 0 Å². The number of likely N-dealkylation sites (N-methyl/N-ethyl adjacent to an activating group) is 1. The summed E-state index contributed by atoms with van der Waals surface area (Å²) in [7, 11) is 3.79. The molecule has 1 saturated heterocycles. The second-order valence-electron chi connectivity index (χ2n) is 5.91. The van der Waals surface area contributed by atoms with Gasteiger partial charge in [0.25, 0.3) is 0 Å². The average molecular weight is 296 g/mol. The lowest BCUT2D eigenvalue weighted by molar-refractivity contribution is -0.0572. The maximum atomic E-state index is 13.5. The monoisotopic (exact) mass is 296 g/mol. The zero-order valence-electron chi connectivity index (χ0n) is 13.0. The van der Waals surface area contributed by atoms with E-state index in [1.165, 1.54) is 6.07 Å². The SMILES string of the molecule is CNC(C)c1cc(F)ccc1N(C)CC1(O)CCOCC1. The van der Waals surface area contributed by atoms with Crippen LogP contribution in [0.3, 0.4) is 0 Å². The van der Waals surface area contributed by atoms with E-state index in [1.807, 2.05) is 25.9 Å². The lowest BCUT2D eigenvalue weighted by Gasteiger charge is -2.37. The van der Waals surface area contributed by atoms with Crippen LogP contribution in [-0.4, -0.2) is 44.6 Å². The number of rotatable bonds is 5. The molecule has 1 aromatic rings. The van der Waals surface area contributed by atoms with E-state index in [9.17, 15) is 9.50 Å². The van der Waals surface area contributed by atoms with Crippen LogP contribution in [0.4, 0.5) is 10.1 Å².